The van der Waals surface area contributed by atoms with Gasteiger partial charge in [-0.3, -0.25) is 4.79 Å². The average Bonchev–Trinajstić information content (AvgIpc) is 3.20. The van der Waals surface area contributed by atoms with Crippen molar-refractivity contribution in [3.05, 3.63) is 64.0 Å². The van der Waals surface area contributed by atoms with E-state index in [1.54, 1.807) is 11.3 Å². The molecule has 3 aliphatic rings. The predicted octanol–water partition coefficient (Wildman–Crippen LogP) is 4.34. The molecule has 2 atom stereocenters. The molecule has 0 spiro atoms. The van der Waals surface area contributed by atoms with Crippen molar-refractivity contribution in [3.8, 4) is 17.0 Å². The normalized spacial score (nSPS) is 22.8. The molecule has 34 heavy (non-hydrogen) atoms. The number of piperidine rings is 1. The smallest absolute Gasteiger partial charge is 0.313 e. The number of aryl methyl sites for hydroxylation is 1. The van der Waals surface area contributed by atoms with E-state index in [1.165, 1.54) is 23.8 Å². The number of methoxy groups -OCH3 is 1. The lowest BCUT2D eigenvalue weighted by Crippen LogP contribution is -2.29. The van der Waals surface area contributed by atoms with E-state index in [1.807, 2.05) is 0 Å². The summed E-state index contributed by atoms with van der Waals surface area (Å²) in [5, 5.41) is 6.48. The van der Waals surface area contributed by atoms with Gasteiger partial charge < -0.3 is 19.7 Å². The van der Waals surface area contributed by atoms with E-state index in [9.17, 15) is 4.79 Å². The van der Waals surface area contributed by atoms with Crippen LogP contribution in [-0.2, 0) is 29.1 Å². The molecule has 1 saturated carbocycles. The lowest BCUT2D eigenvalue weighted by molar-refractivity contribution is -0.146. The minimum Gasteiger partial charge on any atom is -0.488 e. The van der Waals surface area contributed by atoms with Crippen LogP contribution in [0.3, 0.4) is 0 Å². The highest BCUT2D eigenvalue weighted by Gasteiger charge is 2.66. The number of para-hydroxylation sites is 1. The Morgan fingerprint density at radius 3 is 3.09 bits per heavy atom. The van der Waals surface area contributed by atoms with Crippen molar-refractivity contribution < 1.29 is 14.3 Å². The van der Waals surface area contributed by atoms with Gasteiger partial charge in [0.25, 0.3) is 0 Å². The second-order valence-electron chi connectivity index (χ2n) is 9.71. The molecule has 7 heteroatoms. The molecular weight excluding hydrogens is 446 g/mol. The maximum absolute atomic E-state index is 12.2. The van der Waals surface area contributed by atoms with Crippen molar-refractivity contribution in [2.24, 2.45) is 11.3 Å². The second-order valence-corrected chi connectivity index (χ2v) is 10.6. The molecule has 1 aromatic heterocycles. The third-order valence-electron chi connectivity index (χ3n) is 7.53. The van der Waals surface area contributed by atoms with Crippen LogP contribution in [0, 0.1) is 18.3 Å². The van der Waals surface area contributed by atoms with Crippen molar-refractivity contribution >= 4 is 22.4 Å². The summed E-state index contributed by atoms with van der Waals surface area (Å²) < 4.78 is 11.5. The van der Waals surface area contributed by atoms with Gasteiger partial charge in [0.05, 0.1) is 18.2 Å². The number of rotatable bonds is 6. The van der Waals surface area contributed by atoms with Crippen LogP contribution in [0.5, 0.6) is 5.75 Å². The first kappa shape index (κ1) is 21.6. The Morgan fingerprint density at radius 2 is 2.21 bits per heavy atom. The average molecular weight is 476 g/mol. The Hall–Kier alpha value is -2.90. The topological polar surface area (TPSA) is 63.7 Å². The fourth-order valence-corrected chi connectivity index (χ4v) is 6.34. The van der Waals surface area contributed by atoms with E-state index in [2.05, 4.69) is 58.9 Å². The number of esters is 1. The highest BCUT2D eigenvalue weighted by Crippen LogP contribution is 2.59. The zero-order valence-electron chi connectivity index (χ0n) is 19.6. The molecule has 1 saturated heterocycles. The maximum Gasteiger partial charge on any atom is 0.313 e. The highest BCUT2D eigenvalue weighted by atomic mass is 32.1. The van der Waals surface area contributed by atoms with Crippen LogP contribution in [0.15, 0.2) is 41.8 Å². The lowest BCUT2D eigenvalue weighted by atomic mass is 9.99. The summed E-state index contributed by atoms with van der Waals surface area (Å²) in [5.41, 5.74) is 6.71. The minimum atomic E-state index is -0.316. The number of anilines is 1. The van der Waals surface area contributed by atoms with Gasteiger partial charge in [-0.2, -0.15) is 0 Å². The largest absolute Gasteiger partial charge is 0.488 e. The van der Waals surface area contributed by atoms with Crippen molar-refractivity contribution in [2.75, 3.05) is 31.6 Å². The molecule has 6 rings (SSSR count). The molecule has 0 unspecified atom stereocenters. The van der Waals surface area contributed by atoms with E-state index in [0.717, 1.165) is 60.2 Å². The molecule has 6 nitrogen and oxygen atoms in total. The molecule has 2 aliphatic heterocycles. The van der Waals surface area contributed by atoms with Gasteiger partial charge in [-0.05, 0) is 60.5 Å². The van der Waals surface area contributed by atoms with Crippen LogP contribution < -0.4 is 15.0 Å². The lowest BCUT2D eigenvalue weighted by Gasteiger charge is -2.19. The SMILES string of the molecule is COC(=O)[C@]12C[C@H]1CN(c1nc(-c3cccc(C)c3OCc3ccc4c(c3)CCNC4)cs1)C2. The van der Waals surface area contributed by atoms with E-state index in [4.69, 9.17) is 14.5 Å². The van der Waals surface area contributed by atoms with Gasteiger partial charge in [-0.15, -0.1) is 11.3 Å². The Labute approximate surface area is 203 Å². The number of nitrogens with zero attached hydrogens (tertiary/aromatic N) is 2. The van der Waals surface area contributed by atoms with Gasteiger partial charge in [0.1, 0.15) is 12.4 Å². The van der Waals surface area contributed by atoms with Crippen LogP contribution >= 0.6 is 11.3 Å². The zero-order valence-corrected chi connectivity index (χ0v) is 20.4. The zero-order chi connectivity index (χ0) is 23.3. The quantitative estimate of drug-likeness (QED) is 0.535. The van der Waals surface area contributed by atoms with E-state index in [-0.39, 0.29) is 11.4 Å². The van der Waals surface area contributed by atoms with Gasteiger partial charge in [0.2, 0.25) is 0 Å². The van der Waals surface area contributed by atoms with Crippen molar-refractivity contribution in [1.82, 2.24) is 10.3 Å². The number of thiazole rings is 1. The summed E-state index contributed by atoms with van der Waals surface area (Å²) in [6, 6.07) is 12.9. The molecule has 3 aromatic rings. The van der Waals surface area contributed by atoms with Gasteiger partial charge >= 0.3 is 5.97 Å². The fraction of sp³-hybridized carbons (Fsp3) is 0.407. The number of hydrogen-bond donors (Lipinski definition) is 1. The molecule has 1 N–H and O–H groups in total. The Kier molecular flexibility index (Phi) is 5.34. The van der Waals surface area contributed by atoms with Crippen molar-refractivity contribution in [2.45, 2.75) is 32.9 Å². The van der Waals surface area contributed by atoms with Crippen LogP contribution in [0.1, 0.15) is 28.7 Å². The Morgan fingerprint density at radius 1 is 1.29 bits per heavy atom. The molecule has 176 valence electrons. The van der Waals surface area contributed by atoms with Gasteiger partial charge in [-0.1, -0.05) is 30.3 Å². The van der Waals surface area contributed by atoms with Crippen LogP contribution in [-0.4, -0.2) is 37.7 Å². The fourth-order valence-electron chi connectivity index (χ4n) is 5.50. The number of fused-ring (bicyclic) bond motifs is 2. The summed E-state index contributed by atoms with van der Waals surface area (Å²) in [6.45, 7) is 6.16. The molecule has 0 radical (unpaired) electrons. The van der Waals surface area contributed by atoms with Gasteiger partial charge in [0, 0.05) is 30.6 Å². The maximum atomic E-state index is 12.2. The number of ether oxygens (including phenoxy) is 2. The number of aromatic nitrogens is 1. The third kappa shape index (κ3) is 3.67. The second kappa shape index (κ2) is 8.40. The van der Waals surface area contributed by atoms with E-state index >= 15 is 0 Å². The Balaban J connectivity index is 1.21. The first-order valence-electron chi connectivity index (χ1n) is 11.9. The number of nitrogens with one attached hydrogen (secondary N) is 1. The molecule has 2 fully saturated rings. The van der Waals surface area contributed by atoms with Gasteiger partial charge in [-0.25, -0.2) is 4.98 Å². The third-order valence-corrected chi connectivity index (χ3v) is 8.43. The highest BCUT2D eigenvalue weighted by molar-refractivity contribution is 7.14. The Bertz CT molecular complexity index is 1260. The standard InChI is InChI=1S/C27H29N3O3S/c1-17-4-3-5-22(24(17)33-14-18-6-7-20-12-28-9-8-19(20)10-18)23-15-34-26(29-23)30-13-21-11-27(21,16-30)25(31)32-2/h3-7,10,15,21,28H,8-9,11-14,16H2,1-2H3/t21-,27-/m0/s1. The molecule has 2 aromatic carbocycles. The number of hydrogen-bond acceptors (Lipinski definition) is 7. The van der Waals surface area contributed by atoms with E-state index in [0.29, 0.717) is 19.1 Å². The van der Waals surface area contributed by atoms with Crippen LogP contribution in [0.4, 0.5) is 5.13 Å². The summed E-state index contributed by atoms with van der Waals surface area (Å²) in [5.74, 6) is 1.19. The van der Waals surface area contributed by atoms with Crippen LogP contribution in [0.2, 0.25) is 0 Å². The van der Waals surface area contributed by atoms with E-state index < -0.39 is 0 Å². The first-order valence-corrected chi connectivity index (χ1v) is 12.8. The molecule has 0 amide bonds. The van der Waals surface area contributed by atoms with Crippen molar-refractivity contribution in [3.63, 3.8) is 0 Å². The number of carbonyl (C=O) groups excluding carboxylic acids is 1. The predicted molar refractivity (Wildman–Crippen MR) is 133 cm³/mol. The summed E-state index contributed by atoms with van der Waals surface area (Å²) in [6.07, 6.45) is 2.00. The summed E-state index contributed by atoms with van der Waals surface area (Å²) in [4.78, 5) is 19.4. The molecule has 3 heterocycles. The molecule has 1 aliphatic carbocycles. The summed E-state index contributed by atoms with van der Waals surface area (Å²) >= 11 is 1.63. The number of benzene rings is 2. The first-order chi connectivity index (χ1) is 16.6. The molecule has 0 bridgehead atoms. The summed E-state index contributed by atoms with van der Waals surface area (Å²) in [7, 11) is 1.48. The minimum absolute atomic E-state index is 0.0791. The van der Waals surface area contributed by atoms with Crippen LogP contribution in [0.25, 0.3) is 11.3 Å². The van der Waals surface area contributed by atoms with Crippen molar-refractivity contribution in [1.29, 1.82) is 0 Å². The monoisotopic (exact) mass is 475 g/mol. The number of carbonyl (C=O) groups is 1. The van der Waals surface area contributed by atoms with Gasteiger partial charge in [0.15, 0.2) is 5.13 Å². The molecular formula is C27H29N3O3S.